The molecule has 2 rings (SSSR count). The average molecular weight is 210 g/mol. The summed E-state index contributed by atoms with van der Waals surface area (Å²) in [5.74, 6) is 0.158. The van der Waals surface area contributed by atoms with Crippen LogP contribution in [0.2, 0.25) is 0 Å². The van der Waals surface area contributed by atoms with Crippen LogP contribution in [0.15, 0.2) is 23.1 Å². The second kappa shape index (κ2) is 3.20. The number of hydrogen-bond acceptors (Lipinski definition) is 3. The molecule has 1 aliphatic heterocycles. The molecule has 3 nitrogen and oxygen atoms in total. The Labute approximate surface area is 82.7 Å². The van der Waals surface area contributed by atoms with Gasteiger partial charge in [0.05, 0.1) is 10.6 Å². The van der Waals surface area contributed by atoms with E-state index < -0.39 is 9.84 Å². The lowest BCUT2D eigenvalue weighted by Crippen LogP contribution is -2.18. The van der Waals surface area contributed by atoms with Gasteiger partial charge in [0, 0.05) is 5.56 Å². The maximum atomic E-state index is 11.7. The van der Waals surface area contributed by atoms with Crippen LogP contribution in [0.5, 0.6) is 0 Å². The average Bonchev–Trinajstić information content (AvgIpc) is 2.16. The molecule has 1 aliphatic rings. The highest BCUT2D eigenvalue weighted by Gasteiger charge is 2.25. The highest BCUT2D eigenvalue weighted by atomic mass is 32.2. The van der Waals surface area contributed by atoms with Crippen LogP contribution < -0.4 is 0 Å². The van der Waals surface area contributed by atoms with Crippen molar-refractivity contribution < 1.29 is 13.2 Å². The second-order valence-corrected chi connectivity index (χ2v) is 5.42. The molecular weight excluding hydrogens is 200 g/mol. The molecule has 0 fully saturated rings. The van der Waals surface area contributed by atoms with Crippen molar-refractivity contribution in [2.75, 3.05) is 5.75 Å². The Kier molecular flexibility index (Phi) is 2.15. The zero-order valence-corrected chi connectivity index (χ0v) is 8.38. The van der Waals surface area contributed by atoms with Gasteiger partial charge in [0.15, 0.2) is 16.1 Å². The molecule has 0 N–H and O–H groups in total. The molecule has 1 aromatic rings. The summed E-state index contributed by atoms with van der Waals surface area (Å²) < 4.78 is 23.4. The van der Waals surface area contributed by atoms with Crippen molar-refractivity contribution in [3.63, 3.8) is 0 Å². The van der Waals surface area contributed by atoms with Crippen molar-refractivity contribution in [2.24, 2.45) is 0 Å². The Morgan fingerprint density at radius 2 is 2.07 bits per heavy atom. The molecule has 0 radical (unpaired) electrons. The number of hydrogen-bond donors (Lipinski definition) is 0. The van der Waals surface area contributed by atoms with E-state index in [2.05, 4.69) is 0 Å². The van der Waals surface area contributed by atoms with Crippen molar-refractivity contribution in [2.45, 2.75) is 17.7 Å². The van der Waals surface area contributed by atoms with Gasteiger partial charge in [-0.3, -0.25) is 4.79 Å². The number of benzene rings is 1. The Bertz CT molecular complexity index is 474. The highest BCUT2D eigenvalue weighted by molar-refractivity contribution is 7.91. The molecule has 1 aromatic carbocycles. The van der Waals surface area contributed by atoms with Gasteiger partial charge in [0.2, 0.25) is 0 Å². The largest absolute Gasteiger partial charge is 0.298 e. The van der Waals surface area contributed by atoms with Gasteiger partial charge in [-0.25, -0.2) is 8.42 Å². The molecule has 0 unspecified atom stereocenters. The van der Waals surface area contributed by atoms with Gasteiger partial charge in [-0.05, 0) is 18.4 Å². The first kappa shape index (κ1) is 9.40. The zero-order chi connectivity index (χ0) is 10.2. The summed E-state index contributed by atoms with van der Waals surface area (Å²) in [4.78, 5) is 11.0. The van der Waals surface area contributed by atoms with Crippen LogP contribution in [0.25, 0.3) is 0 Å². The van der Waals surface area contributed by atoms with E-state index in [9.17, 15) is 13.2 Å². The van der Waals surface area contributed by atoms with Gasteiger partial charge in [-0.2, -0.15) is 0 Å². The lowest BCUT2D eigenvalue weighted by Gasteiger charge is -2.17. The fourth-order valence-corrected chi connectivity index (χ4v) is 3.60. The molecule has 0 saturated carbocycles. The molecule has 0 aliphatic carbocycles. The van der Waals surface area contributed by atoms with E-state index >= 15 is 0 Å². The summed E-state index contributed by atoms with van der Waals surface area (Å²) in [6.45, 7) is 0. The van der Waals surface area contributed by atoms with Gasteiger partial charge in [-0.1, -0.05) is 18.2 Å². The van der Waals surface area contributed by atoms with Crippen molar-refractivity contribution >= 4 is 16.1 Å². The van der Waals surface area contributed by atoms with Crippen LogP contribution in [0.3, 0.4) is 0 Å². The van der Waals surface area contributed by atoms with Crippen LogP contribution in [0.1, 0.15) is 22.3 Å². The van der Waals surface area contributed by atoms with Crippen LogP contribution in [0.4, 0.5) is 0 Å². The zero-order valence-electron chi connectivity index (χ0n) is 7.56. The van der Waals surface area contributed by atoms with E-state index in [0.717, 1.165) is 12.0 Å². The number of sulfone groups is 1. The first-order valence-corrected chi connectivity index (χ1v) is 6.10. The van der Waals surface area contributed by atoms with Crippen LogP contribution in [-0.4, -0.2) is 20.5 Å². The Morgan fingerprint density at radius 3 is 2.79 bits per heavy atom. The van der Waals surface area contributed by atoms with Gasteiger partial charge in [0.25, 0.3) is 0 Å². The highest BCUT2D eigenvalue weighted by Crippen LogP contribution is 2.27. The predicted octanol–water partition coefficient (Wildman–Crippen LogP) is 1.22. The maximum absolute atomic E-state index is 11.7. The Hall–Kier alpha value is -1.16. The number of rotatable bonds is 1. The third-order valence-corrected chi connectivity index (χ3v) is 4.37. The normalized spacial score (nSPS) is 18.6. The molecule has 0 spiro atoms. The van der Waals surface area contributed by atoms with Crippen molar-refractivity contribution in [3.8, 4) is 0 Å². The summed E-state index contributed by atoms with van der Waals surface area (Å²) in [6, 6.07) is 5.05. The molecule has 0 saturated heterocycles. The number of carbonyl (C=O) groups is 1. The SMILES string of the molecule is O=Cc1cccc2c1S(=O)(=O)CCC2. The Morgan fingerprint density at radius 1 is 1.29 bits per heavy atom. The van der Waals surface area contributed by atoms with Crippen molar-refractivity contribution in [1.82, 2.24) is 0 Å². The quantitative estimate of drug-likeness (QED) is 0.655. The molecular formula is C10H10O3S. The molecule has 4 heteroatoms. The Balaban J connectivity index is 2.77. The summed E-state index contributed by atoms with van der Waals surface area (Å²) in [7, 11) is -3.22. The van der Waals surface area contributed by atoms with Gasteiger partial charge in [-0.15, -0.1) is 0 Å². The first-order chi connectivity index (χ1) is 6.65. The molecule has 1 heterocycles. The summed E-state index contributed by atoms with van der Waals surface area (Å²) >= 11 is 0. The van der Waals surface area contributed by atoms with E-state index in [1.54, 1.807) is 18.2 Å². The monoisotopic (exact) mass is 210 g/mol. The minimum atomic E-state index is -3.22. The van der Waals surface area contributed by atoms with Crippen LogP contribution >= 0.6 is 0 Å². The summed E-state index contributed by atoms with van der Waals surface area (Å²) in [6.07, 6.45) is 2.01. The fourth-order valence-electron chi connectivity index (χ4n) is 1.83. The minimum Gasteiger partial charge on any atom is -0.298 e. The smallest absolute Gasteiger partial charge is 0.179 e. The molecule has 0 atom stereocenters. The van der Waals surface area contributed by atoms with Crippen LogP contribution in [-0.2, 0) is 16.3 Å². The van der Waals surface area contributed by atoms with Crippen molar-refractivity contribution in [1.29, 1.82) is 0 Å². The fraction of sp³-hybridized carbons (Fsp3) is 0.300. The van der Waals surface area contributed by atoms with E-state index in [0.29, 0.717) is 18.3 Å². The predicted molar refractivity (Wildman–Crippen MR) is 52.2 cm³/mol. The molecule has 0 bridgehead atoms. The number of fused-ring (bicyclic) bond motifs is 1. The molecule has 0 aromatic heterocycles. The number of carbonyl (C=O) groups excluding carboxylic acids is 1. The molecule has 74 valence electrons. The lowest BCUT2D eigenvalue weighted by atomic mass is 10.1. The standard InChI is InChI=1S/C10H10O3S/c11-7-9-4-1-3-8-5-2-6-14(12,13)10(8)9/h1,3-4,7H,2,5-6H2. The van der Waals surface area contributed by atoms with Gasteiger partial charge >= 0.3 is 0 Å². The second-order valence-electron chi connectivity index (χ2n) is 3.38. The van der Waals surface area contributed by atoms with Gasteiger partial charge < -0.3 is 0 Å². The third kappa shape index (κ3) is 1.35. The summed E-state index contributed by atoms with van der Waals surface area (Å²) in [5.41, 5.74) is 1.07. The van der Waals surface area contributed by atoms with E-state index in [4.69, 9.17) is 0 Å². The van der Waals surface area contributed by atoms with Crippen molar-refractivity contribution in [3.05, 3.63) is 29.3 Å². The number of aryl methyl sites for hydroxylation is 1. The molecule has 0 amide bonds. The maximum Gasteiger partial charge on any atom is 0.179 e. The lowest BCUT2D eigenvalue weighted by molar-refractivity contribution is 0.112. The first-order valence-electron chi connectivity index (χ1n) is 4.45. The third-order valence-electron chi connectivity index (χ3n) is 2.42. The molecule has 14 heavy (non-hydrogen) atoms. The topological polar surface area (TPSA) is 51.2 Å². The number of aldehydes is 1. The summed E-state index contributed by atoms with van der Waals surface area (Å²) in [5, 5.41) is 0. The van der Waals surface area contributed by atoms with Gasteiger partial charge in [0.1, 0.15) is 0 Å². The van der Waals surface area contributed by atoms with E-state index in [1.807, 2.05) is 0 Å². The van der Waals surface area contributed by atoms with E-state index in [-0.39, 0.29) is 10.6 Å². The minimum absolute atomic E-state index is 0.158. The van der Waals surface area contributed by atoms with Crippen LogP contribution in [0, 0.1) is 0 Å². The van der Waals surface area contributed by atoms with E-state index in [1.165, 1.54) is 0 Å².